The summed E-state index contributed by atoms with van der Waals surface area (Å²) in [5, 5.41) is 0. The monoisotopic (exact) mass is 406 g/mol. The molecule has 0 aromatic heterocycles. The number of rotatable bonds is 8. The van der Waals surface area contributed by atoms with E-state index < -0.39 is 17.5 Å². The summed E-state index contributed by atoms with van der Waals surface area (Å²) >= 11 is 0. The van der Waals surface area contributed by atoms with Crippen molar-refractivity contribution in [2.75, 3.05) is 0 Å². The van der Waals surface area contributed by atoms with E-state index in [1.165, 1.54) is 63.5 Å². The van der Waals surface area contributed by atoms with Crippen LogP contribution in [-0.2, 0) is 0 Å². The smallest absolute Gasteiger partial charge is 0.194 e. The van der Waals surface area contributed by atoms with Gasteiger partial charge in [0.1, 0.15) is 0 Å². The first kappa shape index (κ1) is 22.4. The Hall–Kier alpha value is -1.25. The Morgan fingerprint density at radius 2 is 1.21 bits per heavy atom. The van der Waals surface area contributed by atoms with Crippen molar-refractivity contribution in [3.63, 3.8) is 0 Å². The summed E-state index contributed by atoms with van der Waals surface area (Å²) in [5.74, 6) is -0.714. The van der Waals surface area contributed by atoms with Crippen molar-refractivity contribution < 1.29 is 13.2 Å². The van der Waals surface area contributed by atoms with Crippen LogP contribution < -0.4 is 0 Å². The van der Waals surface area contributed by atoms with Crippen LogP contribution in [0.25, 0.3) is 0 Å². The van der Waals surface area contributed by atoms with E-state index >= 15 is 0 Å². The number of hydrogen-bond donors (Lipinski definition) is 0. The van der Waals surface area contributed by atoms with E-state index in [0.29, 0.717) is 5.56 Å². The molecule has 0 radical (unpaired) electrons. The molecule has 0 unspecified atom stereocenters. The second-order valence-electron chi connectivity index (χ2n) is 9.44. The highest BCUT2D eigenvalue weighted by Gasteiger charge is 2.26. The van der Waals surface area contributed by atoms with E-state index in [-0.39, 0.29) is 5.92 Å². The molecule has 29 heavy (non-hydrogen) atoms. The number of hydrogen-bond acceptors (Lipinski definition) is 0. The van der Waals surface area contributed by atoms with Crippen molar-refractivity contribution in [3.8, 4) is 0 Å². The lowest BCUT2D eigenvalue weighted by atomic mass is 9.74. The second kappa shape index (κ2) is 11.2. The highest BCUT2D eigenvalue weighted by atomic mass is 19.2. The van der Waals surface area contributed by atoms with E-state index in [2.05, 4.69) is 19.1 Å². The van der Waals surface area contributed by atoms with Crippen LogP contribution in [0.2, 0.25) is 0 Å². The second-order valence-corrected chi connectivity index (χ2v) is 9.44. The third kappa shape index (κ3) is 6.62. The van der Waals surface area contributed by atoms with Gasteiger partial charge < -0.3 is 0 Å². The summed E-state index contributed by atoms with van der Waals surface area (Å²) < 4.78 is 40.2. The minimum Gasteiger partial charge on any atom is -0.204 e. The van der Waals surface area contributed by atoms with Gasteiger partial charge in [-0.2, -0.15) is 0 Å². The van der Waals surface area contributed by atoms with Crippen molar-refractivity contribution in [2.45, 2.75) is 96.3 Å². The molecule has 162 valence electrons. The average Bonchev–Trinajstić information content (AvgIpc) is 2.74. The molecule has 1 aromatic carbocycles. The summed E-state index contributed by atoms with van der Waals surface area (Å²) in [6.45, 7) is 2.19. The molecular formula is C26H37F3. The first-order valence-electron chi connectivity index (χ1n) is 11.9. The quantitative estimate of drug-likeness (QED) is 0.299. The van der Waals surface area contributed by atoms with E-state index in [9.17, 15) is 13.2 Å². The van der Waals surface area contributed by atoms with Gasteiger partial charge in [-0.1, -0.05) is 57.6 Å². The predicted octanol–water partition coefficient (Wildman–Crippen LogP) is 8.71. The molecular weight excluding hydrogens is 369 g/mol. The largest absolute Gasteiger partial charge is 0.204 e. The van der Waals surface area contributed by atoms with Gasteiger partial charge in [0.05, 0.1) is 0 Å². The number of halogens is 3. The summed E-state index contributed by atoms with van der Waals surface area (Å²) in [7, 11) is 0. The lowest BCUT2D eigenvalue weighted by molar-refractivity contribution is 0.225. The van der Waals surface area contributed by atoms with Crippen LogP contribution in [0.4, 0.5) is 13.2 Å². The Morgan fingerprint density at radius 1 is 0.724 bits per heavy atom. The van der Waals surface area contributed by atoms with Crippen LogP contribution in [0.1, 0.15) is 102 Å². The maximum Gasteiger partial charge on any atom is 0.194 e. The van der Waals surface area contributed by atoms with Gasteiger partial charge in [-0.15, -0.1) is 0 Å². The van der Waals surface area contributed by atoms with Gasteiger partial charge in [0.2, 0.25) is 0 Å². The number of allylic oxidation sites excluding steroid dienone is 2. The molecule has 0 N–H and O–H groups in total. The van der Waals surface area contributed by atoms with Crippen molar-refractivity contribution in [3.05, 3.63) is 47.3 Å². The molecule has 2 saturated carbocycles. The van der Waals surface area contributed by atoms with Gasteiger partial charge in [0, 0.05) is 0 Å². The Bertz CT molecular complexity index is 627. The Kier molecular flexibility index (Phi) is 8.68. The molecule has 1 aromatic rings. The topological polar surface area (TPSA) is 0 Å². The third-order valence-corrected chi connectivity index (χ3v) is 7.42. The van der Waals surface area contributed by atoms with Crippen LogP contribution in [0, 0.1) is 35.2 Å². The molecule has 3 heteroatoms. The van der Waals surface area contributed by atoms with Gasteiger partial charge in [-0.05, 0) is 86.3 Å². The van der Waals surface area contributed by atoms with E-state index in [4.69, 9.17) is 0 Å². The molecule has 2 fully saturated rings. The normalized spacial score (nSPS) is 28.1. The van der Waals surface area contributed by atoms with E-state index in [0.717, 1.165) is 49.9 Å². The molecule has 0 spiro atoms. The summed E-state index contributed by atoms with van der Waals surface area (Å²) in [5.41, 5.74) is 0.631. The molecule has 0 amide bonds. The fourth-order valence-electron chi connectivity index (χ4n) is 5.49. The minimum absolute atomic E-state index is 0.174. The zero-order valence-corrected chi connectivity index (χ0v) is 17.9. The molecule has 0 nitrogen and oxygen atoms in total. The zero-order chi connectivity index (χ0) is 20.6. The SMILES string of the molecule is CC/C=C/CCC1CCC(CCC2CCC(c3cc(F)c(F)c(F)c3)CC2)CC1. The van der Waals surface area contributed by atoms with Gasteiger partial charge in [-0.3, -0.25) is 0 Å². The molecule has 0 aliphatic heterocycles. The van der Waals surface area contributed by atoms with Crippen molar-refractivity contribution in [2.24, 2.45) is 17.8 Å². The van der Waals surface area contributed by atoms with E-state index in [1.807, 2.05) is 0 Å². The zero-order valence-electron chi connectivity index (χ0n) is 17.9. The maximum atomic E-state index is 13.5. The van der Waals surface area contributed by atoms with Crippen molar-refractivity contribution >= 4 is 0 Å². The Labute approximate surface area is 175 Å². The summed E-state index contributed by atoms with van der Waals surface area (Å²) in [6.07, 6.45) is 20.8. The highest BCUT2D eigenvalue weighted by Crippen LogP contribution is 2.40. The molecule has 0 atom stereocenters. The molecule has 2 aliphatic carbocycles. The fraction of sp³-hybridized carbons (Fsp3) is 0.692. The molecule has 0 saturated heterocycles. The highest BCUT2D eigenvalue weighted by molar-refractivity contribution is 5.23. The van der Waals surface area contributed by atoms with Crippen molar-refractivity contribution in [1.29, 1.82) is 0 Å². The van der Waals surface area contributed by atoms with Crippen molar-refractivity contribution in [1.82, 2.24) is 0 Å². The fourth-order valence-corrected chi connectivity index (χ4v) is 5.49. The Balaban J connectivity index is 1.34. The Morgan fingerprint density at radius 3 is 1.72 bits per heavy atom. The van der Waals surface area contributed by atoms with Gasteiger partial charge in [0.15, 0.2) is 17.5 Å². The number of benzene rings is 1. The first-order valence-corrected chi connectivity index (χ1v) is 11.9. The standard InChI is InChI=1S/C26H37F3/c1-2-3-4-5-6-19-7-9-20(10-8-19)11-12-21-13-15-22(16-14-21)23-17-24(27)26(29)25(28)18-23/h3-4,17-22H,2,5-16H2,1H3/b4-3+. The summed E-state index contributed by atoms with van der Waals surface area (Å²) in [6, 6.07) is 2.39. The van der Waals surface area contributed by atoms with Crippen LogP contribution in [0.5, 0.6) is 0 Å². The lowest BCUT2D eigenvalue weighted by Gasteiger charge is -2.32. The molecule has 3 rings (SSSR count). The van der Waals surface area contributed by atoms with Crippen LogP contribution in [-0.4, -0.2) is 0 Å². The molecule has 2 aliphatic rings. The van der Waals surface area contributed by atoms with Gasteiger partial charge in [0.25, 0.3) is 0 Å². The van der Waals surface area contributed by atoms with Gasteiger partial charge >= 0.3 is 0 Å². The molecule has 0 bridgehead atoms. The lowest BCUT2D eigenvalue weighted by Crippen LogP contribution is -2.18. The van der Waals surface area contributed by atoms with Crippen LogP contribution >= 0.6 is 0 Å². The average molecular weight is 407 g/mol. The minimum atomic E-state index is -1.35. The first-order chi connectivity index (χ1) is 14.1. The predicted molar refractivity (Wildman–Crippen MR) is 114 cm³/mol. The maximum absolute atomic E-state index is 13.5. The van der Waals surface area contributed by atoms with Crippen LogP contribution in [0.3, 0.4) is 0 Å². The third-order valence-electron chi connectivity index (χ3n) is 7.42. The van der Waals surface area contributed by atoms with Gasteiger partial charge in [-0.25, -0.2) is 13.2 Å². The van der Waals surface area contributed by atoms with Crippen LogP contribution in [0.15, 0.2) is 24.3 Å². The van der Waals surface area contributed by atoms with E-state index in [1.54, 1.807) is 0 Å². The summed E-state index contributed by atoms with van der Waals surface area (Å²) in [4.78, 5) is 0. The molecule has 0 heterocycles.